The molecule has 260 valence electrons. The van der Waals surface area contributed by atoms with Crippen LogP contribution in [0.25, 0.3) is 76.9 Å². The maximum atomic E-state index is 6.26. The Morgan fingerprint density at radius 1 is 0.418 bits per heavy atom. The SMILES string of the molecule is CC1(C)c2ccccc2-c2c(N(c3ccc(-c4ccc5ccc6oc7ccccc7c6c5c4)cc3)c3ccccc3-c3ccc4ccccc4c3)cccc21. The Bertz CT molecular complexity index is 3130. The molecule has 0 saturated carbocycles. The summed E-state index contributed by atoms with van der Waals surface area (Å²) in [5.41, 5.74) is 15.2. The zero-order valence-electron chi connectivity index (χ0n) is 30.8. The standard InChI is InChI=1S/C53H37NO/c1-53(2)45-17-8-5-15-42(45)52-46(53)18-11-20-48(52)54(47-19-9-6-14-41(47)39-25-22-34-12-3-4-13-37(34)32-39)40-29-26-35(27-30-40)38-24-23-36-28-31-50-51(44(36)33-38)43-16-7-10-21-49(43)55-50/h3-33H,1-2H3. The van der Waals surface area contributed by atoms with E-state index < -0.39 is 0 Å². The quantitative estimate of drug-likeness (QED) is 0.177. The lowest BCUT2D eigenvalue weighted by atomic mass is 9.82. The summed E-state index contributed by atoms with van der Waals surface area (Å²) in [5.74, 6) is 0. The van der Waals surface area contributed by atoms with Gasteiger partial charge in [0.1, 0.15) is 11.2 Å². The van der Waals surface area contributed by atoms with Crippen LogP contribution in [0.4, 0.5) is 17.1 Å². The van der Waals surface area contributed by atoms with Crippen molar-refractivity contribution in [2.45, 2.75) is 19.3 Å². The van der Waals surface area contributed by atoms with Crippen molar-refractivity contribution in [3.05, 3.63) is 199 Å². The fraction of sp³-hybridized carbons (Fsp3) is 0.0566. The van der Waals surface area contributed by atoms with E-state index >= 15 is 0 Å². The van der Waals surface area contributed by atoms with Crippen LogP contribution in [-0.2, 0) is 5.41 Å². The van der Waals surface area contributed by atoms with Crippen LogP contribution in [0.1, 0.15) is 25.0 Å². The van der Waals surface area contributed by atoms with Crippen molar-refractivity contribution < 1.29 is 4.42 Å². The van der Waals surface area contributed by atoms with Gasteiger partial charge in [0, 0.05) is 33.0 Å². The Morgan fingerprint density at radius 2 is 1.07 bits per heavy atom. The first-order chi connectivity index (χ1) is 27.0. The maximum Gasteiger partial charge on any atom is 0.136 e. The van der Waals surface area contributed by atoms with E-state index in [0.29, 0.717) is 0 Å². The fourth-order valence-corrected chi connectivity index (χ4v) is 9.12. The van der Waals surface area contributed by atoms with Crippen molar-refractivity contribution in [1.29, 1.82) is 0 Å². The highest BCUT2D eigenvalue weighted by molar-refractivity contribution is 6.19. The molecule has 1 aliphatic rings. The highest BCUT2D eigenvalue weighted by Crippen LogP contribution is 2.55. The number of anilines is 3. The minimum absolute atomic E-state index is 0.114. The predicted octanol–water partition coefficient (Wildman–Crippen LogP) is 15.0. The smallest absolute Gasteiger partial charge is 0.136 e. The molecule has 1 aliphatic carbocycles. The summed E-state index contributed by atoms with van der Waals surface area (Å²) >= 11 is 0. The number of rotatable bonds is 5. The van der Waals surface area contributed by atoms with E-state index in [9.17, 15) is 0 Å². The molecule has 9 aromatic carbocycles. The van der Waals surface area contributed by atoms with Crippen LogP contribution >= 0.6 is 0 Å². The Labute approximate surface area is 320 Å². The van der Waals surface area contributed by atoms with E-state index in [-0.39, 0.29) is 5.41 Å². The van der Waals surface area contributed by atoms with Crippen molar-refractivity contribution in [2.24, 2.45) is 0 Å². The lowest BCUT2D eigenvalue weighted by molar-refractivity contribution is 0.660. The summed E-state index contributed by atoms with van der Waals surface area (Å²) in [7, 11) is 0. The van der Waals surface area contributed by atoms with E-state index in [1.165, 1.54) is 77.1 Å². The summed E-state index contributed by atoms with van der Waals surface area (Å²) in [6.45, 7) is 4.71. The van der Waals surface area contributed by atoms with Crippen molar-refractivity contribution in [3.8, 4) is 33.4 Å². The molecule has 0 spiro atoms. The maximum absolute atomic E-state index is 6.26. The third-order valence-corrected chi connectivity index (χ3v) is 11.9. The third kappa shape index (κ3) is 4.88. The largest absolute Gasteiger partial charge is 0.456 e. The van der Waals surface area contributed by atoms with Crippen LogP contribution in [-0.4, -0.2) is 0 Å². The molecule has 0 fully saturated rings. The van der Waals surface area contributed by atoms with Gasteiger partial charge >= 0.3 is 0 Å². The van der Waals surface area contributed by atoms with Gasteiger partial charge in [-0.2, -0.15) is 0 Å². The number of furan rings is 1. The highest BCUT2D eigenvalue weighted by atomic mass is 16.3. The zero-order valence-corrected chi connectivity index (χ0v) is 30.8. The van der Waals surface area contributed by atoms with Crippen LogP contribution in [0.3, 0.4) is 0 Å². The van der Waals surface area contributed by atoms with Crippen LogP contribution in [0.2, 0.25) is 0 Å². The van der Waals surface area contributed by atoms with Crippen molar-refractivity contribution in [1.82, 2.24) is 0 Å². The second-order valence-corrected chi connectivity index (χ2v) is 15.3. The van der Waals surface area contributed by atoms with Crippen LogP contribution in [0.15, 0.2) is 192 Å². The molecule has 2 nitrogen and oxygen atoms in total. The molecule has 0 aliphatic heterocycles. The Balaban J connectivity index is 1.10. The Hall–Kier alpha value is -6.90. The molecule has 0 bridgehead atoms. The lowest BCUT2D eigenvalue weighted by Gasteiger charge is -2.30. The molecular weight excluding hydrogens is 667 g/mol. The molecular formula is C53H37NO. The number of hydrogen-bond acceptors (Lipinski definition) is 2. The van der Waals surface area contributed by atoms with Crippen LogP contribution < -0.4 is 4.90 Å². The van der Waals surface area contributed by atoms with E-state index in [2.05, 4.69) is 201 Å². The molecule has 1 aromatic heterocycles. The predicted molar refractivity (Wildman–Crippen MR) is 232 cm³/mol. The van der Waals surface area contributed by atoms with Gasteiger partial charge in [-0.25, -0.2) is 0 Å². The van der Waals surface area contributed by atoms with E-state index in [1.54, 1.807) is 0 Å². The van der Waals surface area contributed by atoms with Gasteiger partial charge in [-0.05, 0) is 103 Å². The highest BCUT2D eigenvalue weighted by Gasteiger charge is 2.38. The topological polar surface area (TPSA) is 16.4 Å². The van der Waals surface area contributed by atoms with Gasteiger partial charge in [0.15, 0.2) is 0 Å². The van der Waals surface area contributed by atoms with E-state index in [1.807, 2.05) is 6.07 Å². The van der Waals surface area contributed by atoms with Gasteiger partial charge in [-0.15, -0.1) is 0 Å². The molecule has 11 rings (SSSR count). The summed E-state index contributed by atoms with van der Waals surface area (Å²) in [5, 5.41) is 7.21. The van der Waals surface area contributed by atoms with Gasteiger partial charge in [-0.1, -0.05) is 153 Å². The summed E-state index contributed by atoms with van der Waals surface area (Å²) in [6.07, 6.45) is 0. The second-order valence-electron chi connectivity index (χ2n) is 15.3. The van der Waals surface area contributed by atoms with Gasteiger partial charge in [0.25, 0.3) is 0 Å². The lowest BCUT2D eigenvalue weighted by Crippen LogP contribution is -2.16. The Kier molecular flexibility index (Phi) is 6.93. The molecule has 10 aromatic rings. The molecule has 0 radical (unpaired) electrons. The van der Waals surface area contributed by atoms with Crippen LogP contribution in [0, 0.1) is 0 Å². The average molecular weight is 704 g/mol. The average Bonchev–Trinajstić information content (AvgIpc) is 3.74. The van der Waals surface area contributed by atoms with Gasteiger partial charge in [0.05, 0.1) is 11.4 Å². The van der Waals surface area contributed by atoms with Crippen LogP contribution in [0.5, 0.6) is 0 Å². The monoisotopic (exact) mass is 703 g/mol. The minimum atomic E-state index is -0.114. The molecule has 0 unspecified atom stereocenters. The summed E-state index contributed by atoms with van der Waals surface area (Å²) in [4.78, 5) is 2.48. The molecule has 55 heavy (non-hydrogen) atoms. The zero-order chi connectivity index (χ0) is 36.7. The van der Waals surface area contributed by atoms with Crippen molar-refractivity contribution >= 4 is 60.5 Å². The van der Waals surface area contributed by atoms with Crippen molar-refractivity contribution in [2.75, 3.05) is 4.90 Å². The molecule has 2 heteroatoms. The van der Waals surface area contributed by atoms with Gasteiger partial charge in [0.2, 0.25) is 0 Å². The molecule has 0 atom stereocenters. The minimum Gasteiger partial charge on any atom is -0.456 e. The second kappa shape index (κ2) is 12.1. The number of hydrogen-bond donors (Lipinski definition) is 0. The molecule has 0 N–H and O–H groups in total. The fourth-order valence-electron chi connectivity index (χ4n) is 9.12. The molecule has 0 amide bonds. The normalized spacial score (nSPS) is 13.1. The summed E-state index contributed by atoms with van der Waals surface area (Å²) < 4.78 is 6.26. The summed E-state index contributed by atoms with van der Waals surface area (Å²) in [6, 6.07) is 68.6. The number of benzene rings is 9. The first-order valence-corrected chi connectivity index (χ1v) is 19.1. The van der Waals surface area contributed by atoms with Gasteiger partial charge < -0.3 is 9.32 Å². The third-order valence-electron chi connectivity index (χ3n) is 11.9. The molecule has 1 heterocycles. The first kappa shape index (κ1) is 31.6. The van der Waals surface area contributed by atoms with E-state index in [4.69, 9.17) is 4.42 Å². The first-order valence-electron chi connectivity index (χ1n) is 19.1. The molecule has 0 saturated heterocycles. The van der Waals surface area contributed by atoms with E-state index in [0.717, 1.165) is 27.9 Å². The number of nitrogens with zero attached hydrogens (tertiary/aromatic N) is 1. The van der Waals surface area contributed by atoms with Gasteiger partial charge in [-0.3, -0.25) is 0 Å². The number of para-hydroxylation sites is 2. The number of fused-ring (bicyclic) bond motifs is 9. The Morgan fingerprint density at radius 3 is 1.96 bits per heavy atom. The van der Waals surface area contributed by atoms with Crippen molar-refractivity contribution in [3.63, 3.8) is 0 Å².